The zero-order valence-electron chi connectivity index (χ0n) is 10.6. The normalized spacial score (nSPS) is 19.2. The Bertz CT molecular complexity index is 549. The summed E-state index contributed by atoms with van der Waals surface area (Å²) in [5.41, 5.74) is 2.71. The summed E-state index contributed by atoms with van der Waals surface area (Å²) in [6.07, 6.45) is 5.38. The Morgan fingerprint density at radius 1 is 1.32 bits per heavy atom. The molecule has 0 bridgehead atoms. The number of rotatable bonds is 2. The average molecular weight is 296 g/mol. The molecule has 1 unspecified atom stereocenters. The lowest BCUT2D eigenvalue weighted by molar-refractivity contribution is -0.114. The van der Waals surface area contributed by atoms with Crippen LogP contribution in [-0.4, -0.2) is 11.3 Å². The van der Waals surface area contributed by atoms with Crippen LogP contribution < -0.4 is 5.32 Å². The second kappa shape index (κ2) is 6.27. The molecule has 4 heteroatoms. The first-order chi connectivity index (χ1) is 9.08. The molecule has 1 aliphatic rings. The molecule has 0 spiro atoms. The summed E-state index contributed by atoms with van der Waals surface area (Å²) in [6, 6.07) is 7.65. The quantitative estimate of drug-likeness (QED) is 0.797. The standard InChI is InChI=1S/C15H15Cl2NO/c1-10(19)18-15-5-3-2-4-13(15)12-8-6-11(16)7-9-14(12)17/h2-6,8,14H,7,9H2,1H3,(H,18,19). The molecule has 0 radical (unpaired) electrons. The van der Waals surface area contributed by atoms with Gasteiger partial charge in [0, 0.05) is 23.2 Å². The number of hydrogen-bond acceptors (Lipinski definition) is 1. The van der Waals surface area contributed by atoms with Crippen molar-refractivity contribution in [2.45, 2.75) is 25.1 Å². The third kappa shape index (κ3) is 3.62. The summed E-state index contributed by atoms with van der Waals surface area (Å²) in [5.74, 6) is -0.0960. The second-order valence-electron chi connectivity index (χ2n) is 4.47. The number of nitrogens with one attached hydrogen (secondary N) is 1. The van der Waals surface area contributed by atoms with Gasteiger partial charge < -0.3 is 5.32 Å². The van der Waals surface area contributed by atoms with Crippen molar-refractivity contribution in [3.05, 3.63) is 47.0 Å². The van der Waals surface area contributed by atoms with E-state index in [0.29, 0.717) is 0 Å². The first-order valence-corrected chi connectivity index (χ1v) is 6.96. The average Bonchev–Trinajstić information content (AvgIpc) is 2.52. The number of anilines is 1. The van der Waals surface area contributed by atoms with Crippen molar-refractivity contribution in [2.24, 2.45) is 0 Å². The molecule has 100 valence electrons. The van der Waals surface area contributed by atoms with Crippen molar-refractivity contribution in [2.75, 3.05) is 5.32 Å². The Kier molecular flexibility index (Phi) is 4.67. The van der Waals surface area contributed by atoms with Gasteiger partial charge >= 0.3 is 0 Å². The molecule has 1 atom stereocenters. The van der Waals surface area contributed by atoms with Gasteiger partial charge in [0.2, 0.25) is 5.91 Å². The number of carbonyl (C=O) groups excluding carboxylic acids is 1. The third-order valence-electron chi connectivity index (χ3n) is 2.97. The van der Waals surface area contributed by atoms with Crippen LogP contribution in [0.1, 0.15) is 25.3 Å². The van der Waals surface area contributed by atoms with Gasteiger partial charge in [0.05, 0.1) is 5.38 Å². The monoisotopic (exact) mass is 295 g/mol. The fourth-order valence-electron chi connectivity index (χ4n) is 2.08. The van der Waals surface area contributed by atoms with E-state index in [1.54, 1.807) is 0 Å². The van der Waals surface area contributed by atoms with Crippen molar-refractivity contribution in [1.82, 2.24) is 0 Å². The lowest BCUT2D eigenvalue weighted by atomic mass is 9.99. The van der Waals surface area contributed by atoms with Gasteiger partial charge in [-0.2, -0.15) is 0 Å². The highest BCUT2D eigenvalue weighted by Crippen LogP contribution is 2.34. The van der Waals surface area contributed by atoms with E-state index in [1.165, 1.54) is 6.92 Å². The van der Waals surface area contributed by atoms with Crippen LogP contribution in [0.5, 0.6) is 0 Å². The van der Waals surface area contributed by atoms with E-state index >= 15 is 0 Å². The molecular formula is C15H15Cl2NO. The Morgan fingerprint density at radius 3 is 2.79 bits per heavy atom. The Hall–Kier alpha value is -1.25. The maximum absolute atomic E-state index is 11.3. The van der Waals surface area contributed by atoms with Gasteiger partial charge in [-0.15, -0.1) is 11.6 Å². The van der Waals surface area contributed by atoms with Gasteiger partial charge in [0.25, 0.3) is 0 Å². The van der Waals surface area contributed by atoms with Gasteiger partial charge in [0.15, 0.2) is 0 Å². The van der Waals surface area contributed by atoms with Crippen molar-refractivity contribution in [3.8, 4) is 0 Å². The minimum absolute atomic E-state index is 0.0960. The summed E-state index contributed by atoms with van der Waals surface area (Å²) in [7, 11) is 0. The zero-order chi connectivity index (χ0) is 13.8. The SMILES string of the molecule is CC(=O)Nc1ccccc1C1=CC=C(Cl)CCC1Cl. The van der Waals surface area contributed by atoms with Crippen molar-refractivity contribution >= 4 is 40.4 Å². The topological polar surface area (TPSA) is 29.1 Å². The minimum atomic E-state index is -0.109. The molecule has 0 heterocycles. The molecule has 1 aliphatic carbocycles. The lowest BCUT2D eigenvalue weighted by Crippen LogP contribution is -2.10. The van der Waals surface area contributed by atoms with Crippen molar-refractivity contribution in [1.29, 1.82) is 0 Å². The number of halogens is 2. The second-order valence-corrected chi connectivity index (χ2v) is 5.48. The van der Waals surface area contributed by atoms with Crippen LogP contribution in [0.15, 0.2) is 41.4 Å². The maximum atomic E-state index is 11.3. The molecule has 0 aliphatic heterocycles. The third-order valence-corrected chi connectivity index (χ3v) is 3.73. The van der Waals surface area contributed by atoms with Gasteiger partial charge in [-0.25, -0.2) is 0 Å². The molecule has 0 aromatic heterocycles. The summed E-state index contributed by atoms with van der Waals surface area (Å²) in [4.78, 5) is 11.3. The van der Waals surface area contributed by atoms with E-state index < -0.39 is 0 Å². The van der Waals surface area contributed by atoms with Gasteiger partial charge in [-0.1, -0.05) is 35.9 Å². The molecule has 2 rings (SSSR count). The number of amides is 1. The smallest absolute Gasteiger partial charge is 0.221 e. The predicted octanol–water partition coefficient (Wildman–Crippen LogP) is 4.55. The Balaban J connectivity index is 2.42. The van der Waals surface area contributed by atoms with E-state index in [4.69, 9.17) is 23.2 Å². The number of allylic oxidation sites excluding steroid dienone is 4. The number of benzene rings is 1. The first kappa shape index (κ1) is 14.2. The van der Waals surface area contributed by atoms with Crippen LogP contribution >= 0.6 is 23.2 Å². The van der Waals surface area contributed by atoms with Crippen LogP contribution in [0.4, 0.5) is 5.69 Å². The molecule has 1 amide bonds. The molecule has 1 aromatic carbocycles. The summed E-state index contributed by atoms with van der Waals surface area (Å²) >= 11 is 12.5. The van der Waals surface area contributed by atoms with Crippen molar-refractivity contribution in [3.63, 3.8) is 0 Å². The molecule has 1 N–H and O–H groups in total. The predicted molar refractivity (Wildman–Crippen MR) is 81.5 cm³/mol. The van der Waals surface area contributed by atoms with Gasteiger partial charge in [0.1, 0.15) is 0 Å². The van der Waals surface area contributed by atoms with Gasteiger partial charge in [-0.05, 0) is 30.6 Å². The Morgan fingerprint density at radius 2 is 2.05 bits per heavy atom. The summed E-state index contributed by atoms with van der Waals surface area (Å²) < 4.78 is 0. The fourth-order valence-corrected chi connectivity index (χ4v) is 2.55. The fraction of sp³-hybridized carbons (Fsp3) is 0.267. The minimum Gasteiger partial charge on any atom is -0.326 e. The Labute approximate surface area is 123 Å². The van der Waals surface area contributed by atoms with Crippen LogP contribution in [0.2, 0.25) is 0 Å². The summed E-state index contributed by atoms with van der Waals surface area (Å²) in [6.45, 7) is 1.49. The van der Waals surface area contributed by atoms with Crippen LogP contribution in [0.3, 0.4) is 0 Å². The summed E-state index contributed by atoms with van der Waals surface area (Å²) in [5, 5.41) is 3.53. The highest BCUT2D eigenvalue weighted by atomic mass is 35.5. The van der Waals surface area contributed by atoms with E-state index in [0.717, 1.165) is 34.7 Å². The highest BCUT2D eigenvalue weighted by Gasteiger charge is 2.18. The molecule has 0 saturated carbocycles. The van der Waals surface area contributed by atoms with E-state index in [9.17, 15) is 4.79 Å². The maximum Gasteiger partial charge on any atom is 0.221 e. The first-order valence-electron chi connectivity index (χ1n) is 6.15. The number of carbonyl (C=O) groups is 1. The van der Waals surface area contributed by atoms with E-state index in [1.807, 2.05) is 36.4 Å². The van der Waals surface area contributed by atoms with Crippen LogP contribution in [-0.2, 0) is 4.79 Å². The van der Waals surface area contributed by atoms with Crippen LogP contribution in [0.25, 0.3) is 5.57 Å². The zero-order valence-corrected chi connectivity index (χ0v) is 12.1. The number of alkyl halides is 1. The molecule has 19 heavy (non-hydrogen) atoms. The lowest BCUT2D eigenvalue weighted by Gasteiger charge is -2.16. The molecule has 0 saturated heterocycles. The van der Waals surface area contributed by atoms with Gasteiger partial charge in [-0.3, -0.25) is 4.79 Å². The van der Waals surface area contributed by atoms with E-state index in [2.05, 4.69) is 5.32 Å². The van der Waals surface area contributed by atoms with Crippen molar-refractivity contribution < 1.29 is 4.79 Å². The highest BCUT2D eigenvalue weighted by molar-refractivity contribution is 6.30. The molecule has 2 nitrogen and oxygen atoms in total. The number of hydrogen-bond donors (Lipinski definition) is 1. The number of para-hydroxylation sites is 1. The molecule has 0 fully saturated rings. The largest absolute Gasteiger partial charge is 0.326 e. The molecule has 1 aromatic rings. The molecular weight excluding hydrogens is 281 g/mol. The van der Waals surface area contributed by atoms with E-state index in [-0.39, 0.29) is 11.3 Å². The van der Waals surface area contributed by atoms with Crippen LogP contribution in [0, 0.1) is 0 Å².